The number of carbonyl (C=O) groups is 1. The van der Waals surface area contributed by atoms with Crippen molar-refractivity contribution >= 4 is 57.1 Å². The van der Waals surface area contributed by atoms with Crippen LogP contribution in [0, 0.1) is 0 Å². The van der Waals surface area contributed by atoms with Gasteiger partial charge in [-0.3, -0.25) is 0 Å². The molecule has 7 heteroatoms. The highest BCUT2D eigenvalue weighted by atomic mass is 79.9. The third kappa shape index (κ3) is 4.93. The maximum Gasteiger partial charge on any atom is 0.363 e. The van der Waals surface area contributed by atoms with E-state index in [0.717, 1.165) is 21.2 Å². The summed E-state index contributed by atoms with van der Waals surface area (Å²) in [5, 5.41) is 1.00. The van der Waals surface area contributed by atoms with Crippen LogP contribution in [-0.4, -0.2) is 11.9 Å². The van der Waals surface area contributed by atoms with Gasteiger partial charge in [-0.2, -0.15) is 0 Å². The van der Waals surface area contributed by atoms with Gasteiger partial charge in [0.15, 0.2) is 5.70 Å². The smallest absolute Gasteiger partial charge is 0.363 e. The molecule has 0 aliphatic carbocycles. The number of benzene rings is 3. The Balaban J connectivity index is 1.44. The van der Waals surface area contributed by atoms with Crippen molar-refractivity contribution in [2.24, 2.45) is 4.99 Å². The second kappa shape index (κ2) is 9.04. The van der Waals surface area contributed by atoms with Crippen LogP contribution in [0.25, 0.3) is 6.08 Å². The number of hydrogen-bond acceptors (Lipinski definition) is 4. The minimum atomic E-state index is -0.479. The number of hydrogen-bond donors (Lipinski definition) is 0. The molecule has 0 saturated heterocycles. The van der Waals surface area contributed by atoms with Gasteiger partial charge in [-0.1, -0.05) is 57.3 Å². The van der Waals surface area contributed by atoms with Gasteiger partial charge in [0.2, 0.25) is 5.90 Å². The van der Waals surface area contributed by atoms with Gasteiger partial charge >= 0.3 is 5.97 Å². The number of aliphatic imine (C=N–C) groups is 1. The summed E-state index contributed by atoms with van der Waals surface area (Å²) in [6.45, 7) is 0.366. The number of carbonyl (C=O) groups excluding carboxylic acids is 1. The highest BCUT2D eigenvalue weighted by Crippen LogP contribution is 2.24. The highest BCUT2D eigenvalue weighted by Gasteiger charge is 2.24. The standard InChI is InChI=1S/C23H14BrCl2NO3/c24-17-6-4-16(5-7-17)22-27-21(23(28)30-22)12-14-1-8-18(9-2-14)29-13-15-3-10-19(25)20(26)11-15/h1-12H,13H2/b21-12+. The summed E-state index contributed by atoms with van der Waals surface area (Å²) in [6.07, 6.45) is 1.68. The number of cyclic esters (lactones) is 1. The molecule has 1 aliphatic heterocycles. The molecule has 0 unspecified atom stereocenters. The lowest BCUT2D eigenvalue weighted by atomic mass is 10.2. The molecule has 0 saturated carbocycles. The quantitative estimate of drug-likeness (QED) is 0.289. The first-order chi connectivity index (χ1) is 14.5. The van der Waals surface area contributed by atoms with Crippen LogP contribution in [0.15, 0.2) is 81.9 Å². The molecule has 0 bridgehead atoms. The minimum absolute atomic E-state index is 0.248. The second-order valence-corrected chi connectivity index (χ2v) is 8.18. The lowest BCUT2D eigenvalue weighted by Crippen LogP contribution is -2.05. The van der Waals surface area contributed by atoms with Crippen LogP contribution in [0.1, 0.15) is 16.7 Å². The van der Waals surface area contributed by atoms with Crippen molar-refractivity contribution in [2.75, 3.05) is 0 Å². The van der Waals surface area contributed by atoms with Gasteiger partial charge in [-0.25, -0.2) is 9.79 Å². The third-order valence-electron chi connectivity index (χ3n) is 4.28. The van der Waals surface area contributed by atoms with Crippen molar-refractivity contribution in [1.29, 1.82) is 0 Å². The maximum atomic E-state index is 12.1. The van der Waals surface area contributed by atoms with E-state index >= 15 is 0 Å². The molecular formula is C23H14BrCl2NO3. The van der Waals surface area contributed by atoms with Crippen LogP contribution in [-0.2, 0) is 16.1 Å². The van der Waals surface area contributed by atoms with E-state index in [0.29, 0.717) is 28.3 Å². The van der Waals surface area contributed by atoms with Crippen LogP contribution in [0.4, 0.5) is 0 Å². The normalized spacial score (nSPS) is 14.6. The average molecular weight is 503 g/mol. The second-order valence-electron chi connectivity index (χ2n) is 6.45. The molecule has 0 N–H and O–H groups in total. The molecule has 30 heavy (non-hydrogen) atoms. The molecule has 0 radical (unpaired) electrons. The predicted molar refractivity (Wildman–Crippen MR) is 122 cm³/mol. The number of esters is 1. The van der Waals surface area contributed by atoms with Gasteiger partial charge in [0.25, 0.3) is 0 Å². The Hall–Kier alpha value is -2.60. The molecular weight excluding hydrogens is 489 g/mol. The van der Waals surface area contributed by atoms with E-state index in [4.69, 9.17) is 32.7 Å². The fourth-order valence-electron chi connectivity index (χ4n) is 2.74. The Morgan fingerprint density at radius 3 is 2.40 bits per heavy atom. The Kier molecular flexibility index (Phi) is 6.23. The predicted octanol–water partition coefficient (Wildman–Crippen LogP) is 6.68. The van der Waals surface area contributed by atoms with E-state index in [1.807, 2.05) is 54.6 Å². The van der Waals surface area contributed by atoms with E-state index in [1.54, 1.807) is 18.2 Å². The molecule has 1 aliphatic rings. The van der Waals surface area contributed by atoms with E-state index in [9.17, 15) is 4.79 Å². The monoisotopic (exact) mass is 501 g/mol. The van der Waals surface area contributed by atoms with Gasteiger partial charge in [0.1, 0.15) is 12.4 Å². The summed E-state index contributed by atoms with van der Waals surface area (Å²) in [6, 6.07) is 20.1. The van der Waals surface area contributed by atoms with Gasteiger partial charge in [-0.15, -0.1) is 0 Å². The van der Waals surface area contributed by atoms with Crippen LogP contribution in [0.2, 0.25) is 10.0 Å². The van der Waals surface area contributed by atoms with E-state index in [-0.39, 0.29) is 5.70 Å². The summed E-state index contributed by atoms with van der Waals surface area (Å²) in [7, 11) is 0. The summed E-state index contributed by atoms with van der Waals surface area (Å²) in [4.78, 5) is 16.5. The molecule has 0 aromatic heterocycles. The molecule has 3 aromatic rings. The maximum absolute atomic E-state index is 12.1. The van der Waals surface area contributed by atoms with Crippen molar-refractivity contribution in [1.82, 2.24) is 0 Å². The number of halogens is 3. The lowest BCUT2D eigenvalue weighted by Gasteiger charge is -2.07. The molecule has 3 aromatic carbocycles. The molecule has 150 valence electrons. The summed E-state index contributed by atoms with van der Waals surface area (Å²) in [5.74, 6) is 0.504. The fraction of sp³-hybridized carbons (Fsp3) is 0.0435. The topological polar surface area (TPSA) is 47.9 Å². The van der Waals surface area contributed by atoms with Crippen molar-refractivity contribution < 1.29 is 14.3 Å². The molecule has 0 amide bonds. The molecule has 4 rings (SSSR count). The van der Waals surface area contributed by atoms with Crippen molar-refractivity contribution in [3.05, 3.63) is 104 Å². The zero-order valence-corrected chi connectivity index (χ0v) is 18.5. The first-order valence-corrected chi connectivity index (χ1v) is 10.5. The third-order valence-corrected chi connectivity index (χ3v) is 5.55. The first kappa shape index (κ1) is 20.7. The van der Waals surface area contributed by atoms with E-state index in [2.05, 4.69) is 20.9 Å². The molecule has 0 fully saturated rings. The van der Waals surface area contributed by atoms with Gasteiger partial charge in [0.05, 0.1) is 10.0 Å². The Morgan fingerprint density at radius 2 is 1.70 bits per heavy atom. The molecule has 0 spiro atoms. The molecule has 0 atom stereocenters. The zero-order chi connectivity index (χ0) is 21.1. The van der Waals surface area contributed by atoms with Crippen LogP contribution < -0.4 is 4.74 Å². The molecule has 1 heterocycles. The minimum Gasteiger partial charge on any atom is -0.489 e. The summed E-state index contributed by atoms with van der Waals surface area (Å²) < 4.78 is 12.0. The van der Waals surface area contributed by atoms with Gasteiger partial charge in [-0.05, 0) is 65.7 Å². The first-order valence-electron chi connectivity index (χ1n) is 8.93. The SMILES string of the molecule is O=C1OC(c2ccc(Br)cc2)=N/C1=C/c1ccc(OCc2ccc(Cl)c(Cl)c2)cc1. The van der Waals surface area contributed by atoms with Crippen molar-refractivity contribution in [2.45, 2.75) is 6.61 Å². The van der Waals surface area contributed by atoms with Gasteiger partial charge < -0.3 is 9.47 Å². The Morgan fingerprint density at radius 1 is 0.967 bits per heavy atom. The zero-order valence-electron chi connectivity index (χ0n) is 15.4. The van der Waals surface area contributed by atoms with Crippen molar-refractivity contribution in [3.63, 3.8) is 0 Å². The Bertz CT molecular complexity index is 1160. The summed E-state index contributed by atoms with van der Waals surface area (Å²) in [5.41, 5.74) is 2.71. The van der Waals surface area contributed by atoms with Crippen LogP contribution in [0.5, 0.6) is 5.75 Å². The van der Waals surface area contributed by atoms with Crippen LogP contribution in [0.3, 0.4) is 0 Å². The molecule has 4 nitrogen and oxygen atoms in total. The average Bonchev–Trinajstić information content (AvgIpc) is 3.10. The van der Waals surface area contributed by atoms with Gasteiger partial charge in [0, 0.05) is 10.0 Å². The summed E-state index contributed by atoms with van der Waals surface area (Å²) >= 11 is 15.3. The van der Waals surface area contributed by atoms with E-state index in [1.165, 1.54) is 0 Å². The largest absolute Gasteiger partial charge is 0.489 e. The van der Waals surface area contributed by atoms with Crippen molar-refractivity contribution in [3.8, 4) is 5.75 Å². The lowest BCUT2D eigenvalue weighted by molar-refractivity contribution is -0.129. The van der Waals surface area contributed by atoms with Crippen LogP contribution >= 0.6 is 39.1 Å². The highest BCUT2D eigenvalue weighted by molar-refractivity contribution is 9.10. The number of ether oxygens (including phenoxy) is 2. The Labute approximate surface area is 191 Å². The number of rotatable bonds is 5. The number of nitrogens with zero attached hydrogens (tertiary/aromatic N) is 1. The van der Waals surface area contributed by atoms with E-state index < -0.39 is 5.97 Å². The fourth-order valence-corrected chi connectivity index (χ4v) is 3.32.